The molecule has 5 heteroatoms. The van der Waals surface area contributed by atoms with E-state index in [1.807, 2.05) is 0 Å². The molecule has 0 saturated heterocycles. The highest BCUT2D eigenvalue weighted by Crippen LogP contribution is 2.22. The number of aliphatic hydroxyl groups is 1. The van der Waals surface area contributed by atoms with Crippen LogP contribution in [0.2, 0.25) is 0 Å². The summed E-state index contributed by atoms with van der Waals surface area (Å²) in [5.41, 5.74) is 1.27. The first-order chi connectivity index (χ1) is 8.42. The van der Waals surface area contributed by atoms with Crippen molar-refractivity contribution in [3.8, 4) is 17.6 Å². The molecule has 1 aromatic carbocycles. The van der Waals surface area contributed by atoms with E-state index in [1.54, 1.807) is 19.1 Å². The molecule has 2 nitrogen and oxygen atoms in total. The minimum atomic E-state index is -4.34. The zero-order chi connectivity index (χ0) is 13.6. The fraction of sp³-hybridized carbons (Fsp3) is 0.385. The summed E-state index contributed by atoms with van der Waals surface area (Å²) in [5.74, 6) is 5.73. The topological polar surface area (TPSA) is 29.5 Å². The van der Waals surface area contributed by atoms with Crippen LogP contribution in [0.25, 0.3) is 0 Å². The van der Waals surface area contributed by atoms with Gasteiger partial charge >= 0.3 is 6.18 Å². The van der Waals surface area contributed by atoms with E-state index in [4.69, 9.17) is 5.11 Å². The fourth-order valence-electron chi connectivity index (χ4n) is 1.27. The summed E-state index contributed by atoms with van der Waals surface area (Å²) in [6.45, 7) is 0.338. The smallest absolute Gasteiger partial charge is 0.422 e. The molecule has 0 aliphatic rings. The van der Waals surface area contributed by atoms with Gasteiger partial charge in [-0.2, -0.15) is 13.2 Å². The van der Waals surface area contributed by atoms with Crippen molar-refractivity contribution in [2.24, 2.45) is 0 Å². The molecular formula is C13H13F3O2. The molecule has 0 spiro atoms. The van der Waals surface area contributed by atoms with Crippen LogP contribution in [-0.2, 0) is 0 Å². The summed E-state index contributed by atoms with van der Waals surface area (Å²) < 4.78 is 40.6. The van der Waals surface area contributed by atoms with Gasteiger partial charge in [-0.05, 0) is 30.7 Å². The Morgan fingerprint density at radius 1 is 1.33 bits per heavy atom. The van der Waals surface area contributed by atoms with E-state index in [9.17, 15) is 13.2 Å². The third-order valence-electron chi connectivity index (χ3n) is 2.04. The van der Waals surface area contributed by atoms with Crippen molar-refractivity contribution in [1.82, 2.24) is 0 Å². The van der Waals surface area contributed by atoms with E-state index in [0.717, 1.165) is 0 Å². The standard InChI is InChI=1S/C13H13F3O2/c1-10-8-11(4-2-3-7-17)5-6-12(10)18-9-13(14,15)16/h5-6,8,17H,3,7,9H2,1H3. The van der Waals surface area contributed by atoms with E-state index in [0.29, 0.717) is 17.5 Å². The molecule has 0 fully saturated rings. The molecule has 0 amide bonds. The molecule has 0 radical (unpaired) electrons. The lowest BCUT2D eigenvalue weighted by Crippen LogP contribution is -2.19. The predicted octanol–water partition coefficient (Wildman–Crippen LogP) is 2.67. The second kappa shape index (κ2) is 6.31. The van der Waals surface area contributed by atoms with Gasteiger partial charge in [-0.1, -0.05) is 11.8 Å². The molecule has 1 aromatic rings. The van der Waals surface area contributed by atoms with Gasteiger partial charge in [0.15, 0.2) is 6.61 Å². The molecule has 1 N–H and O–H groups in total. The van der Waals surface area contributed by atoms with Crippen LogP contribution >= 0.6 is 0 Å². The highest BCUT2D eigenvalue weighted by Gasteiger charge is 2.28. The number of rotatable bonds is 3. The third-order valence-corrected chi connectivity index (χ3v) is 2.04. The van der Waals surface area contributed by atoms with Gasteiger partial charge in [0.25, 0.3) is 0 Å². The number of benzene rings is 1. The lowest BCUT2D eigenvalue weighted by atomic mass is 10.1. The van der Waals surface area contributed by atoms with Gasteiger partial charge in [-0.3, -0.25) is 0 Å². The first-order valence-corrected chi connectivity index (χ1v) is 5.32. The number of aryl methyl sites for hydroxylation is 1. The molecule has 0 atom stereocenters. The Morgan fingerprint density at radius 3 is 2.61 bits per heavy atom. The van der Waals surface area contributed by atoms with Crippen molar-refractivity contribution in [1.29, 1.82) is 0 Å². The lowest BCUT2D eigenvalue weighted by Gasteiger charge is -2.11. The summed E-state index contributed by atoms with van der Waals surface area (Å²) in [7, 11) is 0. The zero-order valence-corrected chi connectivity index (χ0v) is 9.84. The molecule has 0 aliphatic carbocycles. The maximum Gasteiger partial charge on any atom is 0.422 e. The first kappa shape index (κ1) is 14.4. The molecule has 0 aliphatic heterocycles. The van der Waals surface area contributed by atoms with E-state index >= 15 is 0 Å². The van der Waals surface area contributed by atoms with Gasteiger partial charge in [0.2, 0.25) is 0 Å². The Hall–Kier alpha value is -1.67. The van der Waals surface area contributed by atoms with E-state index < -0.39 is 12.8 Å². The molecule has 0 aromatic heterocycles. The number of aliphatic hydroxyl groups excluding tert-OH is 1. The van der Waals surface area contributed by atoms with Crippen molar-refractivity contribution in [2.45, 2.75) is 19.5 Å². The average Bonchev–Trinajstić information content (AvgIpc) is 2.27. The van der Waals surface area contributed by atoms with Gasteiger partial charge in [0, 0.05) is 12.0 Å². The third kappa shape index (κ3) is 5.11. The van der Waals surface area contributed by atoms with E-state index in [-0.39, 0.29) is 12.4 Å². The molecule has 18 heavy (non-hydrogen) atoms. The van der Waals surface area contributed by atoms with Gasteiger partial charge in [0.1, 0.15) is 5.75 Å². The monoisotopic (exact) mass is 258 g/mol. The molecular weight excluding hydrogens is 245 g/mol. The molecule has 0 heterocycles. The second-order valence-electron chi connectivity index (χ2n) is 3.66. The SMILES string of the molecule is Cc1cc(C#CCCO)ccc1OCC(F)(F)F. The fourth-order valence-corrected chi connectivity index (χ4v) is 1.27. The van der Waals surface area contributed by atoms with Crippen molar-refractivity contribution >= 4 is 0 Å². The Kier molecular flexibility index (Phi) is 5.05. The van der Waals surface area contributed by atoms with Gasteiger partial charge in [0.05, 0.1) is 6.61 Å². The number of ether oxygens (including phenoxy) is 1. The average molecular weight is 258 g/mol. The molecule has 98 valence electrons. The predicted molar refractivity (Wildman–Crippen MR) is 61.3 cm³/mol. The minimum Gasteiger partial charge on any atom is -0.484 e. The summed E-state index contributed by atoms with van der Waals surface area (Å²) in [5, 5.41) is 8.56. The van der Waals surface area contributed by atoms with Crippen molar-refractivity contribution in [2.75, 3.05) is 13.2 Å². The van der Waals surface area contributed by atoms with Crippen molar-refractivity contribution < 1.29 is 23.0 Å². The largest absolute Gasteiger partial charge is 0.484 e. The number of halogens is 3. The van der Waals surface area contributed by atoms with Crippen LogP contribution in [0.15, 0.2) is 18.2 Å². The van der Waals surface area contributed by atoms with Crippen LogP contribution in [0.4, 0.5) is 13.2 Å². The number of alkyl halides is 3. The summed E-state index contributed by atoms with van der Waals surface area (Å²) in [4.78, 5) is 0. The molecule has 0 bridgehead atoms. The van der Waals surface area contributed by atoms with Crippen molar-refractivity contribution in [3.63, 3.8) is 0 Å². The Morgan fingerprint density at radius 2 is 2.06 bits per heavy atom. The van der Waals surface area contributed by atoms with Crippen molar-refractivity contribution in [3.05, 3.63) is 29.3 Å². The second-order valence-corrected chi connectivity index (χ2v) is 3.66. The number of hydrogen-bond donors (Lipinski definition) is 1. The molecule has 0 saturated carbocycles. The highest BCUT2D eigenvalue weighted by molar-refractivity contribution is 5.43. The Balaban J connectivity index is 2.72. The van der Waals surface area contributed by atoms with Crippen LogP contribution < -0.4 is 4.74 Å². The van der Waals surface area contributed by atoms with Crippen LogP contribution in [0.5, 0.6) is 5.75 Å². The van der Waals surface area contributed by atoms with E-state index in [1.165, 1.54) is 6.07 Å². The van der Waals surface area contributed by atoms with Gasteiger partial charge in [-0.25, -0.2) is 0 Å². The Labute approximate surface area is 103 Å². The zero-order valence-electron chi connectivity index (χ0n) is 9.84. The highest BCUT2D eigenvalue weighted by atomic mass is 19.4. The van der Waals surface area contributed by atoms with Crippen LogP contribution in [0, 0.1) is 18.8 Å². The normalized spacial score (nSPS) is 10.7. The van der Waals surface area contributed by atoms with Gasteiger partial charge < -0.3 is 9.84 Å². The quantitative estimate of drug-likeness (QED) is 0.845. The van der Waals surface area contributed by atoms with Gasteiger partial charge in [-0.15, -0.1) is 0 Å². The van der Waals surface area contributed by atoms with Crippen LogP contribution in [0.1, 0.15) is 17.5 Å². The maximum atomic E-state index is 12.0. The Bertz CT molecular complexity index is 456. The van der Waals surface area contributed by atoms with Crippen LogP contribution in [-0.4, -0.2) is 24.5 Å². The molecule has 1 rings (SSSR count). The maximum absolute atomic E-state index is 12.0. The van der Waals surface area contributed by atoms with Crippen LogP contribution in [0.3, 0.4) is 0 Å². The molecule has 0 unspecified atom stereocenters. The first-order valence-electron chi connectivity index (χ1n) is 5.32. The van der Waals surface area contributed by atoms with E-state index in [2.05, 4.69) is 16.6 Å². The lowest BCUT2D eigenvalue weighted by molar-refractivity contribution is -0.153. The summed E-state index contributed by atoms with van der Waals surface area (Å²) >= 11 is 0. The summed E-state index contributed by atoms with van der Waals surface area (Å²) in [6, 6.07) is 4.70. The minimum absolute atomic E-state index is 0.0151. The summed E-state index contributed by atoms with van der Waals surface area (Å²) in [6.07, 6.45) is -3.97. The number of hydrogen-bond acceptors (Lipinski definition) is 2.